The van der Waals surface area contributed by atoms with Crippen LogP contribution in [0.1, 0.15) is 22.3 Å². The van der Waals surface area contributed by atoms with E-state index in [1.54, 1.807) is 42.7 Å². The van der Waals surface area contributed by atoms with Gasteiger partial charge >= 0.3 is 12.4 Å². The van der Waals surface area contributed by atoms with E-state index in [9.17, 15) is 31.6 Å². The minimum atomic E-state index is -4.95. The van der Waals surface area contributed by atoms with Gasteiger partial charge in [0.25, 0.3) is 0 Å². The Morgan fingerprint density at radius 3 is 1.95 bits per heavy atom. The van der Waals surface area contributed by atoms with Crippen molar-refractivity contribution >= 4 is 21.8 Å². The lowest BCUT2D eigenvalue weighted by molar-refractivity contribution is -0.143. The van der Waals surface area contributed by atoms with E-state index < -0.39 is 23.5 Å². The van der Waals surface area contributed by atoms with E-state index in [2.05, 4.69) is 11.1 Å². The van der Waals surface area contributed by atoms with Crippen molar-refractivity contribution in [2.24, 2.45) is 0 Å². The first-order valence-corrected chi connectivity index (χ1v) is 12.7. The molecule has 0 atom stereocenters. The molecule has 42 heavy (non-hydrogen) atoms. The number of nitrogens with zero attached hydrogens (tertiary/aromatic N) is 3. The molecular formula is C33H19F6N3. The van der Waals surface area contributed by atoms with Gasteiger partial charge in [-0.3, -0.25) is 4.98 Å². The fourth-order valence-corrected chi connectivity index (χ4v) is 5.33. The SMILES string of the molecule is Cc1cc(C#N)c(-c2ccncc2)cc1-n1c2ccccc2c2cc(-c3cc(C(F)(F)F)cc(C(F)(F)F)c3)ccc21. The summed E-state index contributed by atoms with van der Waals surface area (Å²) in [6.45, 7) is 1.88. The van der Waals surface area contributed by atoms with Gasteiger partial charge in [-0.15, -0.1) is 0 Å². The third-order valence-corrected chi connectivity index (χ3v) is 7.28. The highest BCUT2D eigenvalue weighted by Crippen LogP contribution is 2.41. The van der Waals surface area contributed by atoms with Crippen LogP contribution < -0.4 is 0 Å². The number of hydrogen-bond donors (Lipinski definition) is 0. The number of aromatic nitrogens is 2. The molecule has 208 valence electrons. The monoisotopic (exact) mass is 571 g/mol. The molecule has 0 radical (unpaired) electrons. The molecule has 0 aliphatic heterocycles. The normalized spacial score (nSPS) is 12.1. The van der Waals surface area contributed by atoms with Gasteiger partial charge in [-0.2, -0.15) is 31.6 Å². The molecule has 0 fully saturated rings. The minimum Gasteiger partial charge on any atom is -0.309 e. The minimum absolute atomic E-state index is 0.127. The van der Waals surface area contributed by atoms with Crippen molar-refractivity contribution in [1.82, 2.24) is 9.55 Å². The van der Waals surface area contributed by atoms with Gasteiger partial charge in [0.05, 0.1) is 33.8 Å². The highest BCUT2D eigenvalue weighted by atomic mass is 19.4. The van der Waals surface area contributed by atoms with Crippen molar-refractivity contribution in [2.45, 2.75) is 19.3 Å². The van der Waals surface area contributed by atoms with Crippen molar-refractivity contribution in [2.75, 3.05) is 0 Å². The third kappa shape index (κ3) is 4.65. The van der Waals surface area contributed by atoms with Crippen LogP contribution in [0.5, 0.6) is 0 Å². The van der Waals surface area contributed by atoms with E-state index >= 15 is 0 Å². The number of alkyl halides is 6. The molecule has 2 heterocycles. The first kappa shape index (κ1) is 27.1. The molecule has 6 rings (SSSR count). The third-order valence-electron chi connectivity index (χ3n) is 7.28. The fraction of sp³-hybridized carbons (Fsp3) is 0.0909. The second-order valence-electron chi connectivity index (χ2n) is 9.91. The molecule has 0 N–H and O–H groups in total. The summed E-state index contributed by atoms with van der Waals surface area (Å²) in [4.78, 5) is 4.06. The van der Waals surface area contributed by atoms with Gasteiger partial charge in [-0.05, 0) is 89.8 Å². The molecule has 0 bridgehead atoms. The quantitative estimate of drug-likeness (QED) is 0.199. The molecule has 0 spiro atoms. The first-order chi connectivity index (χ1) is 20.0. The van der Waals surface area contributed by atoms with Crippen LogP contribution in [0.25, 0.3) is 49.7 Å². The van der Waals surface area contributed by atoms with Gasteiger partial charge < -0.3 is 4.57 Å². The van der Waals surface area contributed by atoms with Crippen LogP contribution in [0.2, 0.25) is 0 Å². The summed E-state index contributed by atoms with van der Waals surface area (Å²) < 4.78 is 83.3. The number of rotatable bonds is 3. The van der Waals surface area contributed by atoms with Gasteiger partial charge in [-0.1, -0.05) is 24.3 Å². The van der Waals surface area contributed by atoms with Crippen LogP contribution in [-0.4, -0.2) is 9.55 Å². The van der Waals surface area contributed by atoms with Crippen LogP contribution in [-0.2, 0) is 12.4 Å². The Bertz CT molecular complexity index is 2000. The Kier molecular flexibility index (Phi) is 6.30. The van der Waals surface area contributed by atoms with Gasteiger partial charge in [0.1, 0.15) is 0 Å². The lowest BCUT2D eigenvalue weighted by atomic mass is 9.97. The zero-order valence-electron chi connectivity index (χ0n) is 21.8. The number of aryl methyl sites for hydroxylation is 1. The molecule has 6 aromatic rings. The molecule has 0 amide bonds. The molecule has 4 aromatic carbocycles. The van der Waals surface area contributed by atoms with E-state index in [-0.39, 0.29) is 17.2 Å². The van der Waals surface area contributed by atoms with E-state index in [1.807, 2.05) is 41.8 Å². The Labute approximate surface area is 235 Å². The molecule has 0 aliphatic carbocycles. The molecule has 3 nitrogen and oxygen atoms in total. The summed E-state index contributed by atoms with van der Waals surface area (Å²) in [5, 5.41) is 11.3. The zero-order chi connectivity index (χ0) is 29.8. The summed E-state index contributed by atoms with van der Waals surface area (Å²) >= 11 is 0. The maximum absolute atomic E-state index is 13.6. The van der Waals surface area contributed by atoms with Gasteiger partial charge in [0.15, 0.2) is 0 Å². The van der Waals surface area contributed by atoms with E-state index in [0.717, 1.165) is 39.8 Å². The molecule has 0 saturated carbocycles. The zero-order valence-corrected chi connectivity index (χ0v) is 21.8. The maximum Gasteiger partial charge on any atom is 0.416 e. The van der Waals surface area contributed by atoms with Gasteiger partial charge in [0.2, 0.25) is 0 Å². The lowest BCUT2D eigenvalue weighted by Gasteiger charge is -2.16. The highest BCUT2D eigenvalue weighted by Gasteiger charge is 2.37. The maximum atomic E-state index is 13.6. The van der Waals surface area contributed by atoms with Crippen molar-refractivity contribution in [3.63, 3.8) is 0 Å². The molecular weight excluding hydrogens is 552 g/mol. The van der Waals surface area contributed by atoms with Gasteiger partial charge in [0, 0.05) is 34.4 Å². The average molecular weight is 572 g/mol. The highest BCUT2D eigenvalue weighted by molar-refractivity contribution is 6.10. The number of fused-ring (bicyclic) bond motifs is 3. The summed E-state index contributed by atoms with van der Waals surface area (Å²) in [5.41, 5.74) is 2.36. The fourth-order valence-electron chi connectivity index (χ4n) is 5.33. The van der Waals surface area contributed by atoms with Gasteiger partial charge in [-0.25, -0.2) is 0 Å². The Morgan fingerprint density at radius 1 is 0.667 bits per heavy atom. The van der Waals surface area contributed by atoms with Crippen LogP contribution >= 0.6 is 0 Å². The second kappa shape index (κ2) is 9.77. The Balaban J connectivity index is 1.61. The molecule has 0 saturated heterocycles. The predicted octanol–water partition coefficient (Wildman–Crippen LogP) is 9.73. The Hall–Kier alpha value is -5.10. The largest absolute Gasteiger partial charge is 0.416 e. The smallest absolute Gasteiger partial charge is 0.309 e. The van der Waals surface area contributed by atoms with Crippen molar-refractivity contribution in [3.8, 4) is 34.0 Å². The standard InChI is InChI=1S/C33H19F6N3/c1-19-12-23(18-40)27(20-8-10-41-11-9-20)17-31(19)42-29-5-3-2-4-26(29)28-15-21(6-7-30(28)42)22-13-24(32(34,35)36)16-25(14-22)33(37,38)39/h2-17H,1H3. The number of para-hydroxylation sites is 1. The molecule has 2 aromatic heterocycles. The Morgan fingerprint density at radius 2 is 1.31 bits per heavy atom. The van der Waals surface area contributed by atoms with Crippen molar-refractivity contribution < 1.29 is 26.3 Å². The molecule has 0 unspecified atom stereocenters. The van der Waals surface area contributed by atoms with Crippen molar-refractivity contribution in [3.05, 3.63) is 120 Å². The number of halogens is 6. The van der Waals surface area contributed by atoms with Crippen LogP contribution in [0.4, 0.5) is 26.3 Å². The summed E-state index contributed by atoms with van der Waals surface area (Å²) in [6, 6.07) is 23.4. The summed E-state index contributed by atoms with van der Waals surface area (Å²) in [6.07, 6.45) is -6.63. The molecule has 0 aliphatic rings. The summed E-state index contributed by atoms with van der Waals surface area (Å²) in [5.74, 6) is 0. The van der Waals surface area contributed by atoms with Crippen LogP contribution in [0, 0.1) is 18.3 Å². The first-order valence-electron chi connectivity index (χ1n) is 12.7. The number of benzene rings is 4. The lowest BCUT2D eigenvalue weighted by Crippen LogP contribution is -2.11. The van der Waals surface area contributed by atoms with E-state index in [0.29, 0.717) is 22.0 Å². The topological polar surface area (TPSA) is 41.6 Å². The van der Waals surface area contributed by atoms with Crippen LogP contribution in [0.15, 0.2) is 97.3 Å². The van der Waals surface area contributed by atoms with E-state index in [1.165, 1.54) is 6.07 Å². The van der Waals surface area contributed by atoms with Crippen LogP contribution in [0.3, 0.4) is 0 Å². The number of hydrogen-bond acceptors (Lipinski definition) is 2. The number of pyridine rings is 1. The second-order valence-corrected chi connectivity index (χ2v) is 9.91. The number of nitriles is 1. The summed E-state index contributed by atoms with van der Waals surface area (Å²) in [7, 11) is 0. The predicted molar refractivity (Wildman–Crippen MR) is 149 cm³/mol. The average Bonchev–Trinajstić information content (AvgIpc) is 3.30. The van der Waals surface area contributed by atoms with E-state index in [4.69, 9.17) is 0 Å². The molecule has 9 heteroatoms. The van der Waals surface area contributed by atoms with Crippen molar-refractivity contribution in [1.29, 1.82) is 5.26 Å².